The van der Waals surface area contributed by atoms with Gasteiger partial charge in [0, 0.05) is 24.3 Å². The van der Waals surface area contributed by atoms with E-state index in [-0.39, 0.29) is 21.9 Å². The van der Waals surface area contributed by atoms with Crippen LogP contribution in [0.5, 0.6) is 0 Å². The smallest absolute Gasteiger partial charge is 0.360 e. The maximum absolute atomic E-state index is 6.65. The van der Waals surface area contributed by atoms with E-state index in [9.17, 15) is 0 Å². The average molecular weight is 389 g/mol. The number of rotatable bonds is 6. The Balaban J connectivity index is 2.59. The Morgan fingerprint density at radius 2 is 1.07 bits per heavy atom. The van der Waals surface area contributed by atoms with Gasteiger partial charge in [0.2, 0.25) is 0 Å². The van der Waals surface area contributed by atoms with Crippen molar-refractivity contribution in [3.05, 3.63) is 46.6 Å². The molecule has 0 saturated carbocycles. The minimum atomic E-state index is -2.59. The van der Waals surface area contributed by atoms with Crippen LogP contribution in [0.4, 0.5) is 0 Å². The van der Waals surface area contributed by atoms with Crippen LogP contribution in [0.2, 0.25) is 11.1 Å². The second-order valence-electron chi connectivity index (χ2n) is 10.1. The molecule has 2 rings (SSSR count). The summed E-state index contributed by atoms with van der Waals surface area (Å²) in [6, 6.07) is 0. The molecule has 0 fully saturated rings. The van der Waals surface area contributed by atoms with E-state index in [2.05, 4.69) is 93.5 Å². The van der Waals surface area contributed by atoms with E-state index < -0.39 is 8.56 Å². The van der Waals surface area contributed by atoms with Crippen molar-refractivity contribution in [1.29, 1.82) is 0 Å². The first-order valence-corrected chi connectivity index (χ1v) is 12.4. The third-order valence-electron chi connectivity index (χ3n) is 5.78. The van der Waals surface area contributed by atoms with Gasteiger partial charge in [0.05, 0.1) is 0 Å². The zero-order valence-electron chi connectivity index (χ0n) is 19.2. The topological polar surface area (TPSA) is 18.5 Å². The van der Waals surface area contributed by atoms with Gasteiger partial charge in [0.25, 0.3) is 0 Å². The molecular weight excluding hydrogens is 348 g/mol. The zero-order valence-corrected chi connectivity index (χ0v) is 20.2. The van der Waals surface area contributed by atoms with Crippen molar-refractivity contribution in [2.75, 3.05) is 13.2 Å². The van der Waals surface area contributed by atoms with Crippen LogP contribution in [-0.4, -0.2) is 21.8 Å². The molecule has 2 nitrogen and oxygen atoms in total. The molecule has 3 heteroatoms. The quantitative estimate of drug-likeness (QED) is 0.451. The molecule has 152 valence electrons. The molecule has 2 atom stereocenters. The van der Waals surface area contributed by atoms with Crippen LogP contribution in [0.3, 0.4) is 0 Å². The molecule has 0 aromatic heterocycles. The van der Waals surface area contributed by atoms with Crippen LogP contribution in [0.25, 0.3) is 0 Å². The molecule has 0 spiro atoms. The van der Waals surface area contributed by atoms with Gasteiger partial charge in [-0.25, -0.2) is 0 Å². The first-order valence-electron chi connectivity index (χ1n) is 10.5. The summed E-state index contributed by atoms with van der Waals surface area (Å²) in [5.41, 5.74) is 6.38. The van der Waals surface area contributed by atoms with Gasteiger partial charge < -0.3 is 8.85 Å². The van der Waals surface area contributed by atoms with Crippen molar-refractivity contribution >= 4 is 8.56 Å². The maximum Gasteiger partial charge on any atom is 0.360 e. The lowest BCUT2D eigenvalue weighted by Crippen LogP contribution is -2.50. The van der Waals surface area contributed by atoms with Gasteiger partial charge in [-0.1, -0.05) is 77.0 Å². The Morgan fingerprint density at radius 3 is 1.30 bits per heavy atom. The van der Waals surface area contributed by atoms with Crippen LogP contribution in [0, 0.1) is 10.8 Å². The lowest BCUT2D eigenvalue weighted by molar-refractivity contribution is 0.176. The normalized spacial score (nSPS) is 23.9. The highest BCUT2D eigenvalue weighted by Gasteiger charge is 2.54. The number of allylic oxidation sites excluding steroid dienone is 8. The van der Waals surface area contributed by atoms with E-state index in [1.165, 1.54) is 22.3 Å². The average Bonchev–Trinajstić information content (AvgIpc) is 3.10. The molecule has 2 aliphatic rings. The molecule has 2 aliphatic carbocycles. The highest BCUT2D eigenvalue weighted by Crippen LogP contribution is 2.52. The lowest BCUT2D eigenvalue weighted by atomic mass is 9.87. The van der Waals surface area contributed by atoms with Gasteiger partial charge in [0.15, 0.2) is 0 Å². The lowest BCUT2D eigenvalue weighted by Gasteiger charge is -2.40. The third kappa shape index (κ3) is 4.41. The van der Waals surface area contributed by atoms with Crippen molar-refractivity contribution in [3.8, 4) is 0 Å². The van der Waals surface area contributed by atoms with E-state index in [1.807, 2.05) is 0 Å². The highest BCUT2D eigenvalue weighted by atomic mass is 28.4. The van der Waals surface area contributed by atoms with E-state index in [4.69, 9.17) is 8.85 Å². The Bertz CT molecular complexity index is 620. The van der Waals surface area contributed by atoms with Gasteiger partial charge in [-0.05, 0) is 49.7 Å². The number of hydrogen-bond acceptors (Lipinski definition) is 2. The predicted octanol–water partition coefficient (Wildman–Crippen LogP) is 7.11. The van der Waals surface area contributed by atoms with Gasteiger partial charge in [0.1, 0.15) is 0 Å². The fourth-order valence-corrected chi connectivity index (χ4v) is 8.58. The predicted molar refractivity (Wildman–Crippen MR) is 119 cm³/mol. The third-order valence-corrected chi connectivity index (χ3v) is 10.2. The van der Waals surface area contributed by atoms with Gasteiger partial charge in [-0.2, -0.15) is 0 Å². The van der Waals surface area contributed by atoms with Crippen molar-refractivity contribution in [2.24, 2.45) is 10.8 Å². The molecule has 0 aromatic rings. The Labute approximate surface area is 168 Å². The molecule has 0 aliphatic heterocycles. The minimum absolute atomic E-state index is 0.140. The highest BCUT2D eigenvalue weighted by molar-refractivity contribution is 6.73. The first kappa shape index (κ1) is 22.4. The first-order chi connectivity index (χ1) is 12.4. The van der Waals surface area contributed by atoms with E-state index in [0.29, 0.717) is 13.2 Å². The Kier molecular flexibility index (Phi) is 6.51. The maximum atomic E-state index is 6.65. The van der Waals surface area contributed by atoms with Gasteiger partial charge in [-0.15, -0.1) is 0 Å². The second kappa shape index (κ2) is 7.85. The van der Waals surface area contributed by atoms with Crippen molar-refractivity contribution in [2.45, 2.75) is 80.3 Å². The summed E-state index contributed by atoms with van der Waals surface area (Å²) in [5.74, 6) is 0. The summed E-state index contributed by atoms with van der Waals surface area (Å²) in [4.78, 5) is 0. The summed E-state index contributed by atoms with van der Waals surface area (Å²) < 4.78 is 13.3. The molecule has 27 heavy (non-hydrogen) atoms. The van der Waals surface area contributed by atoms with Crippen molar-refractivity contribution in [3.63, 3.8) is 0 Å². The van der Waals surface area contributed by atoms with Gasteiger partial charge >= 0.3 is 8.56 Å². The molecule has 0 bridgehead atoms. The summed E-state index contributed by atoms with van der Waals surface area (Å²) in [5, 5.41) is 0. The standard InChI is InChI=1S/C24H40O2Si/c1-11-25-27(26-12-2,21-15-19(13-17(21)3)23(5,6)7)22-16-20(14-18(22)4)24(8,9)10/h13-16,21-22H,11-12H2,1-10H3. The molecule has 0 heterocycles. The summed E-state index contributed by atoms with van der Waals surface area (Å²) in [6.45, 7) is 23.8. The van der Waals surface area contributed by atoms with Crippen LogP contribution in [-0.2, 0) is 8.85 Å². The molecule has 0 radical (unpaired) electrons. The van der Waals surface area contributed by atoms with Crippen LogP contribution in [0.1, 0.15) is 69.2 Å². The van der Waals surface area contributed by atoms with Crippen molar-refractivity contribution < 1.29 is 8.85 Å². The van der Waals surface area contributed by atoms with E-state index in [1.54, 1.807) is 0 Å². The summed E-state index contributed by atoms with van der Waals surface area (Å²) in [7, 11) is -2.59. The molecule has 0 amide bonds. The summed E-state index contributed by atoms with van der Waals surface area (Å²) in [6.07, 6.45) is 9.63. The van der Waals surface area contributed by atoms with E-state index >= 15 is 0 Å². The molecular formula is C24H40O2Si. The Morgan fingerprint density at radius 1 is 0.741 bits per heavy atom. The monoisotopic (exact) mass is 388 g/mol. The number of hydrogen-bond donors (Lipinski definition) is 0. The van der Waals surface area contributed by atoms with Crippen molar-refractivity contribution in [1.82, 2.24) is 0 Å². The largest absolute Gasteiger partial charge is 0.393 e. The molecule has 0 N–H and O–H groups in total. The second-order valence-corrected chi connectivity index (χ2v) is 13.3. The molecule has 0 aromatic carbocycles. The fourth-order valence-electron chi connectivity index (χ4n) is 4.23. The van der Waals surface area contributed by atoms with Crippen LogP contribution < -0.4 is 0 Å². The summed E-state index contributed by atoms with van der Waals surface area (Å²) >= 11 is 0. The van der Waals surface area contributed by atoms with Crippen LogP contribution in [0.15, 0.2) is 46.6 Å². The minimum Gasteiger partial charge on any atom is -0.393 e. The molecule has 2 unspecified atom stereocenters. The van der Waals surface area contributed by atoms with Crippen LogP contribution >= 0.6 is 0 Å². The van der Waals surface area contributed by atoms with Gasteiger partial charge in [-0.3, -0.25) is 0 Å². The van der Waals surface area contributed by atoms with E-state index in [0.717, 1.165) is 0 Å². The Hall–Kier alpha value is -0.903. The molecule has 0 saturated heterocycles. The zero-order chi connectivity index (χ0) is 20.6. The SMILES string of the molecule is CCO[Si](OCC)(C1C=C(C(C)(C)C)C=C1C)C1C=C(C(C)(C)C)C=C1C. The fraction of sp³-hybridized carbons (Fsp3) is 0.667.